The van der Waals surface area contributed by atoms with Gasteiger partial charge in [0.25, 0.3) is 10.0 Å². The summed E-state index contributed by atoms with van der Waals surface area (Å²) in [5.74, 6) is 0. The summed E-state index contributed by atoms with van der Waals surface area (Å²) in [4.78, 5) is 0.269. The number of hydrogen-bond donors (Lipinski definition) is 2. The molecule has 0 saturated carbocycles. The van der Waals surface area contributed by atoms with Crippen molar-refractivity contribution in [3.05, 3.63) is 46.7 Å². The monoisotopic (exact) mass is 296 g/mol. The van der Waals surface area contributed by atoms with Gasteiger partial charge in [-0.1, -0.05) is 12.1 Å². The third-order valence-electron chi connectivity index (χ3n) is 2.90. The molecule has 0 radical (unpaired) electrons. The highest BCUT2D eigenvalue weighted by molar-refractivity contribution is 7.92. The average molecular weight is 296 g/mol. The van der Waals surface area contributed by atoms with Gasteiger partial charge in [-0.15, -0.1) is 0 Å². The molecule has 0 saturated heterocycles. The molecule has 1 aromatic heterocycles. The maximum Gasteiger partial charge on any atom is 0.261 e. The van der Waals surface area contributed by atoms with Crippen molar-refractivity contribution >= 4 is 27.0 Å². The molecule has 6 heteroatoms. The number of rotatable bonds is 5. The second kappa shape index (κ2) is 5.73. The van der Waals surface area contributed by atoms with Crippen LogP contribution in [0.4, 0.5) is 5.69 Å². The van der Waals surface area contributed by atoms with Crippen LogP contribution in [0.1, 0.15) is 18.5 Å². The molecule has 0 spiro atoms. The first kappa shape index (κ1) is 14.0. The van der Waals surface area contributed by atoms with E-state index >= 15 is 0 Å². The van der Waals surface area contributed by atoms with Gasteiger partial charge in [0.15, 0.2) is 0 Å². The fraction of sp³-hybridized carbons (Fsp3) is 0.231. The number of benzene rings is 1. The summed E-state index contributed by atoms with van der Waals surface area (Å²) in [7, 11) is -1.63. The quantitative estimate of drug-likeness (QED) is 0.892. The summed E-state index contributed by atoms with van der Waals surface area (Å²) in [5, 5.41) is 6.70. The Bertz CT molecular complexity index is 619. The Balaban J connectivity index is 2.21. The minimum absolute atomic E-state index is 0.196. The SMILES string of the molecule is CNC(C)c1ccc(S(=O)(=O)Nc2ccsc2)cc1. The van der Waals surface area contributed by atoms with Gasteiger partial charge in [0.1, 0.15) is 0 Å². The lowest BCUT2D eigenvalue weighted by atomic mass is 10.1. The van der Waals surface area contributed by atoms with Crippen LogP contribution in [0.3, 0.4) is 0 Å². The lowest BCUT2D eigenvalue weighted by Gasteiger charge is -2.11. The van der Waals surface area contributed by atoms with E-state index in [-0.39, 0.29) is 10.9 Å². The van der Waals surface area contributed by atoms with Gasteiger partial charge in [-0.3, -0.25) is 4.72 Å². The molecule has 0 aliphatic heterocycles. The highest BCUT2D eigenvalue weighted by Crippen LogP contribution is 2.20. The minimum Gasteiger partial charge on any atom is -0.313 e. The molecule has 0 fully saturated rings. The standard InChI is InChI=1S/C13H16N2O2S2/c1-10(14-2)11-3-5-13(6-4-11)19(16,17)15-12-7-8-18-9-12/h3-10,14-15H,1-2H3. The van der Waals surface area contributed by atoms with E-state index in [1.807, 2.05) is 31.5 Å². The average Bonchev–Trinajstić information content (AvgIpc) is 2.90. The number of hydrogen-bond acceptors (Lipinski definition) is 4. The van der Waals surface area contributed by atoms with Gasteiger partial charge in [0.2, 0.25) is 0 Å². The van der Waals surface area contributed by atoms with Crippen molar-refractivity contribution in [2.24, 2.45) is 0 Å². The molecule has 1 atom stereocenters. The molecule has 2 rings (SSSR count). The zero-order chi connectivity index (χ0) is 13.9. The maximum atomic E-state index is 12.1. The number of nitrogens with one attached hydrogen (secondary N) is 2. The smallest absolute Gasteiger partial charge is 0.261 e. The summed E-state index contributed by atoms with van der Waals surface area (Å²) in [5.41, 5.74) is 1.65. The van der Waals surface area contributed by atoms with Crippen LogP contribution in [-0.2, 0) is 10.0 Å². The molecular weight excluding hydrogens is 280 g/mol. The first-order valence-corrected chi connectivity index (χ1v) is 8.28. The molecule has 0 aliphatic rings. The van der Waals surface area contributed by atoms with Crippen LogP contribution >= 0.6 is 11.3 Å². The van der Waals surface area contributed by atoms with Crippen molar-refractivity contribution in [2.45, 2.75) is 17.9 Å². The molecule has 1 unspecified atom stereocenters. The Morgan fingerprint density at radius 1 is 1.16 bits per heavy atom. The molecule has 19 heavy (non-hydrogen) atoms. The molecule has 0 bridgehead atoms. The van der Waals surface area contributed by atoms with Crippen LogP contribution in [0.2, 0.25) is 0 Å². The van der Waals surface area contributed by atoms with E-state index < -0.39 is 10.0 Å². The fourth-order valence-corrected chi connectivity index (χ4v) is 3.35. The van der Waals surface area contributed by atoms with Crippen molar-refractivity contribution in [2.75, 3.05) is 11.8 Å². The zero-order valence-corrected chi connectivity index (χ0v) is 12.4. The first-order chi connectivity index (χ1) is 9.03. The van der Waals surface area contributed by atoms with Gasteiger partial charge in [0, 0.05) is 11.4 Å². The van der Waals surface area contributed by atoms with Gasteiger partial charge in [-0.05, 0) is 43.1 Å². The predicted octanol–water partition coefficient (Wildman–Crippen LogP) is 2.83. The van der Waals surface area contributed by atoms with Crippen molar-refractivity contribution in [1.82, 2.24) is 5.32 Å². The van der Waals surface area contributed by atoms with Crippen LogP contribution in [0.25, 0.3) is 0 Å². The second-order valence-electron chi connectivity index (χ2n) is 4.20. The summed E-state index contributed by atoms with van der Waals surface area (Å²) in [6, 6.07) is 8.82. The van der Waals surface area contributed by atoms with Crippen molar-refractivity contribution < 1.29 is 8.42 Å². The Hall–Kier alpha value is -1.37. The number of anilines is 1. The minimum atomic E-state index is -3.50. The highest BCUT2D eigenvalue weighted by atomic mass is 32.2. The molecule has 2 aromatic rings. The van der Waals surface area contributed by atoms with E-state index in [1.54, 1.807) is 23.6 Å². The van der Waals surface area contributed by atoms with Crippen LogP contribution in [0, 0.1) is 0 Å². The van der Waals surface area contributed by atoms with Gasteiger partial charge in [-0.25, -0.2) is 8.42 Å². The van der Waals surface area contributed by atoms with E-state index in [2.05, 4.69) is 10.0 Å². The number of sulfonamides is 1. The Labute approximate surface area is 117 Å². The zero-order valence-electron chi connectivity index (χ0n) is 10.8. The van der Waals surface area contributed by atoms with E-state index in [9.17, 15) is 8.42 Å². The maximum absolute atomic E-state index is 12.1. The van der Waals surface area contributed by atoms with Gasteiger partial charge >= 0.3 is 0 Å². The van der Waals surface area contributed by atoms with Crippen molar-refractivity contribution in [3.8, 4) is 0 Å². The Morgan fingerprint density at radius 3 is 2.37 bits per heavy atom. The molecule has 0 amide bonds. The topological polar surface area (TPSA) is 58.2 Å². The Kier molecular flexibility index (Phi) is 4.24. The molecule has 0 aliphatic carbocycles. The third-order valence-corrected chi connectivity index (χ3v) is 4.98. The molecule has 1 aromatic carbocycles. The number of thiophene rings is 1. The van der Waals surface area contributed by atoms with Gasteiger partial charge < -0.3 is 5.32 Å². The van der Waals surface area contributed by atoms with Crippen LogP contribution < -0.4 is 10.0 Å². The Morgan fingerprint density at radius 2 is 1.84 bits per heavy atom. The lowest BCUT2D eigenvalue weighted by molar-refractivity contribution is 0.601. The summed E-state index contributed by atoms with van der Waals surface area (Å²) in [6.45, 7) is 2.02. The van der Waals surface area contributed by atoms with E-state index in [0.29, 0.717) is 5.69 Å². The fourth-order valence-electron chi connectivity index (χ4n) is 1.64. The van der Waals surface area contributed by atoms with E-state index in [4.69, 9.17) is 0 Å². The predicted molar refractivity (Wildman–Crippen MR) is 79.0 cm³/mol. The molecule has 102 valence electrons. The van der Waals surface area contributed by atoms with Crippen LogP contribution in [0.15, 0.2) is 46.0 Å². The van der Waals surface area contributed by atoms with E-state index in [1.165, 1.54) is 11.3 Å². The summed E-state index contributed by atoms with van der Waals surface area (Å²) >= 11 is 1.45. The third kappa shape index (κ3) is 3.34. The summed E-state index contributed by atoms with van der Waals surface area (Å²) < 4.78 is 26.8. The second-order valence-corrected chi connectivity index (χ2v) is 6.66. The highest BCUT2D eigenvalue weighted by Gasteiger charge is 2.14. The van der Waals surface area contributed by atoms with Crippen molar-refractivity contribution in [3.63, 3.8) is 0 Å². The van der Waals surface area contributed by atoms with Crippen LogP contribution in [0.5, 0.6) is 0 Å². The molecule has 4 nitrogen and oxygen atoms in total. The molecule has 2 N–H and O–H groups in total. The van der Waals surface area contributed by atoms with Gasteiger partial charge in [0.05, 0.1) is 10.6 Å². The van der Waals surface area contributed by atoms with Crippen LogP contribution in [-0.4, -0.2) is 15.5 Å². The van der Waals surface area contributed by atoms with E-state index in [0.717, 1.165) is 5.56 Å². The molecule has 1 heterocycles. The molecular formula is C13H16N2O2S2. The first-order valence-electron chi connectivity index (χ1n) is 5.85. The van der Waals surface area contributed by atoms with Crippen molar-refractivity contribution in [1.29, 1.82) is 0 Å². The lowest BCUT2D eigenvalue weighted by Crippen LogP contribution is -2.14. The largest absolute Gasteiger partial charge is 0.313 e. The summed E-state index contributed by atoms with van der Waals surface area (Å²) in [6.07, 6.45) is 0. The normalized spacial score (nSPS) is 13.2. The van der Waals surface area contributed by atoms with Gasteiger partial charge in [-0.2, -0.15) is 11.3 Å².